The normalized spacial score (nSPS) is 18.4. The Morgan fingerprint density at radius 2 is 1.97 bits per heavy atom. The highest BCUT2D eigenvalue weighted by atomic mass is 35.5. The van der Waals surface area contributed by atoms with Crippen LogP contribution >= 0.6 is 24.8 Å². The Labute approximate surface area is 216 Å². The molecule has 1 aliphatic rings. The van der Waals surface area contributed by atoms with E-state index in [-0.39, 0.29) is 42.7 Å². The molecule has 2 atom stereocenters. The zero-order valence-electron chi connectivity index (χ0n) is 21.1. The molecule has 0 radical (unpaired) electrons. The van der Waals surface area contributed by atoms with Gasteiger partial charge in [-0.05, 0) is 51.2 Å². The summed E-state index contributed by atoms with van der Waals surface area (Å²) in [6, 6.07) is 7.99. The molecular formula is C25H42Cl2N4O3. The second-order valence-corrected chi connectivity index (χ2v) is 10.0. The molecule has 1 aromatic heterocycles. The highest BCUT2D eigenvalue weighted by Crippen LogP contribution is 2.28. The average molecular weight is 518 g/mol. The Hall–Kier alpha value is -1.38. The lowest BCUT2D eigenvalue weighted by Crippen LogP contribution is -2.55. The first-order chi connectivity index (χ1) is 15.2. The molecule has 0 bridgehead atoms. The minimum Gasteiger partial charge on any atom is -0.390 e. The third kappa shape index (κ3) is 7.56. The van der Waals surface area contributed by atoms with Crippen LogP contribution in [0.2, 0.25) is 0 Å². The summed E-state index contributed by atoms with van der Waals surface area (Å²) in [6.45, 7) is 11.6. The number of rotatable bonds is 10. The third-order valence-corrected chi connectivity index (χ3v) is 6.42. The van der Waals surface area contributed by atoms with Gasteiger partial charge in [0.2, 0.25) is 0 Å². The number of aliphatic hydroxyl groups is 1. The molecule has 2 aromatic rings. The van der Waals surface area contributed by atoms with E-state index < -0.39 is 5.60 Å². The van der Waals surface area contributed by atoms with Crippen molar-refractivity contribution < 1.29 is 14.6 Å². The summed E-state index contributed by atoms with van der Waals surface area (Å²) < 4.78 is 7.27. The SMILES string of the molecule is COCCCCn1c(C(=O)N(CC(C)C)[C@@H]2CNCC(C(C)(C)O)C2)nc2ccccc21.Cl.Cl. The molecule has 2 N–H and O–H groups in total. The van der Waals surface area contributed by atoms with Gasteiger partial charge in [-0.3, -0.25) is 4.79 Å². The molecule has 1 saturated heterocycles. The lowest BCUT2D eigenvalue weighted by atomic mass is 9.82. The topological polar surface area (TPSA) is 79.6 Å². The van der Waals surface area contributed by atoms with Gasteiger partial charge in [-0.2, -0.15) is 0 Å². The number of imidazole rings is 1. The van der Waals surface area contributed by atoms with E-state index in [9.17, 15) is 9.90 Å². The molecule has 1 unspecified atom stereocenters. The number of unbranched alkanes of at least 4 members (excludes halogenated alkanes) is 1. The van der Waals surface area contributed by atoms with E-state index in [1.807, 2.05) is 43.0 Å². The molecule has 9 heteroatoms. The Bertz CT molecular complexity index is 898. The van der Waals surface area contributed by atoms with E-state index in [4.69, 9.17) is 9.72 Å². The van der Waals surface area contributed by atoms with Crippen LogP contribution in [-0.2, 0) is 11.3 Å². The lowest BCUT2D eigenvalue weighted by molar-refractivity contribution is -0.0113. The van der Waals surface area contributed by atoms with Gasteiger partial charge in [0.25, 0.3) is 5.91 Å². The van der Waals surface area contributed by atoms with Crippen molar-refractivity contribution in [2.75, 3.05) is 33.4 Å². The third-order valence-electron chi connectivity index (χ3n) is 6.42. The van der Waals surface area contributed by atoms with Crippen molar-refractivity contribution in [3.8, 4) is 0 Å². The minimum atomic E-state index is -0.785. The molecule has 34 heavy (non-hydrogen) atoms. The number of halogens is 2. The highest BCUT2D eigenvalue weighted by Gasteiger charge is 2.37. The van der Waals surface area contributed by atoms with E-state index in [2.05, 4.69) is 23.7 Å². The lowest BCUT2D eigenvalue weighted by Gasteiger charge is -2.42. The smallest absolute Gasteiger partial charge is 0.290 e. The summed E-state index contributed by atoms with van der Waals surface area (Å²) in [5, 5.41) is 14.0. The number of ether oxygens (including phenoxy) is 1. The molecule has 1 amide bonds. The maximum absolute atomic E-state index is 13.9. The molecule has 0 aliphatic carbocycles. The maximum Gasteiger partial charge on any atom is 0.290 e. The summed E-state index contributed by atoms with van der Waals surface area (Å²) >= 11 is 0. The standard InChI is InChI=1S/C25H40N4O3.2ClH/c1-18(2)17-29(20-14-19(15-26-16-20)25(3,4)31)24(30)23-27-21-10-6-7-11-22(21)28(23)12-8-9-13-32-5;;/h6-7,10-11,18-20,26,31H,8-9,12-17H2,1-5H3;2*1H/t19?,20-;;/m0../s1. The van der Waals surface area contributed by atoms with Gasteiger partial charge in [-0.25, -0.2) is 4.98 Å². The van der Waals surface area contributed by atoms with Crippen LogP contribution in [0, 0.1) is 11.8 Å². The number of fused-ring (bicyclic) bond motifs is 1. The van der Waals surface area contributed by atoms with Crippen molar-refractivity contribution in [1.29, 1.82) is 0 Å². The molecule has 0 saturated carbocycles. The van der Waals surface area contributed by atoms with Gasteiger partial charge in [-0.1, -0.05) is 26.0 Å². The molecule has 1 aromatic carbocycles. The number of carbonyl (C=O) groups excluding carboxylic acids is 1. The van der Waals surface area contributed by atoms with Crippen LogP contribution in [0.4, 0.5) is 0 Å². The van der Waals surface area contributed by atoms with Gasteiger partial charge in [0, 0.05) is 51.9 Å². The number of aromatic nitrogens is 2. The molecule has 2 heterocycles. The molecule has 1 aliphatic heterocycles. The number of benzene rings is 1. The van der Waals surface area contributed by atoms with Crippen LogP contribution in [0.3, 0.4) is 0 Å². The van der Waals surface area contributed by atoms with Crippen LogP contribution in [0.1, 0.15) is 57.6 Å². The molecule has 0 spiro atoms. The van der Waals surface area contributed by atoms with Crippen molar-refractivity contribution in [3.05, 3.63) is 30.1 Å². The Morgan fingerprint density at radius 3 is 2.62 bits per heavy atom. The fraction of sp³-hybridized carbons (Fsp3) is 0.680. The summed E-state index contributed by atoms with van der Waals surface area (Å²) in [6.07, 6.45) is 2.64. The van der Waals surface area contributed by atoms with Crippen LogP contribution in [0.15, 0.2) is 24.3 Å². The van der Waals surface area contributed by atoms with Gasteiger partial charge in [0.1, 0.15) is 0 Å². The van der Waals surface area contributed by atoms with Gasteiger partial charge < -0.3 is 24.6 Å². The number of nitrogens with zero attached hydrogens (tertiary/aromatic N) is 3. The Balaban J connectivity index is 0.00000289. The largest absolute Gasteiger partial charge is 0.390 e. The van der Waals surface area contributed by atoms with Crippen molar-refractivity contribution in [2.45, 2.75) is 65.1 Å². The molecular weight excluding hydrogens is 475 g/mol. The summed E-state index contributed by atoms with van der Waals surface area (Å²) in [4.78, 5) is 20.7. The number of amides is 1. The number of piperidine rings is 1. The first-order valence-corrected chi connectivity index (χ1v) is 11.9. The molecule has 3 rings (SSSR count). The van der Waals surface area contributed by atoms with Crippen molar-refractivity contribution in [2.24, 2.45) is 11.8 Å². The predicted molar refractivity (Wildman–Crippen MR) is 142 cm³/mol. The average Bonchev–Trinajstić information content (AvgIpc) is 3.12. The van der Waals surface area contributed by atoms with E-state index in [1.54, 1.807) is 7.11 Å². The van der Waals surface area contributed by atoms with Crippen LogP contribution < -0.4 is 5.32 Å². The Kier molecular flexibility index (Phi) is 12.3. The van der Waals surface area contributed by atoms with Crippen LogP contribution in [0.25, 0.3) is 11.0 Å². The van der Waals surface area contributed by atoms with Crippen molar-refractivity contribution in [3.63, 3.8) is 0 Å². The fourth-order valence-electron chi connectivity index (χ4n) is 4.60. The molecule has 7 nitrogen and oxygen atoms in total. The van der Waals surface area contributed by atoms with Gasteiger partial charge >= 0.3 is 0 Å². The minimum absolute atomic E-state index is 0. The van der Waals surface area contributed by atoms with Gasteiger partial charge in [0.05, 0.1) is 16.6 Å². The summed E-state index contributed by atoms with van der Waals surface area (Å²) in [5.41, 5.74) is 1.06. The predicted octanol–water partition coefficient (Wildman–Crippen LogP) is 4.15. The molecule has 194 valence electrons. The highest BCUT2D eigenvalue weighted by molar-refractivity contribution is 5.95. The van der Waals surface area contributed by atoms with E-state index >= 15 is 0 Å². The zero-order chi connectivity index (χ0) is 23.3. The Morgan fingerprint density at radius 1 is 1.26 bits per heavy atom. The maximum atomic E-state index is 13.9. The fourth-order valence-corrected chi connectivity index (χ4v) is 4.60. The van der Waals surface area contributed by atoms with Crippen LogP contribution in [-0.4, -0.2) is 70.5 Å². The number of aryl methyl sites for hydroxylation is 1. The number of methoxy groups -OCH3 is 1. The van der Waals surface area contributed by atoms with Crippen molar-refractivity contribution >= 4 is 41.8 Å². The second kappa shape index (κ2) is 13.6. The van der Waals surface area contributed by atoms with Crippen LogP contribution in [0.5, 0.6) is 0 Å². The van der Waals surface area contributed by atoms with Crippen molar-refractivity contribution in [1.82, 2.24) is 19.8 Å². The number of nitrogens with one attached hydrogen (secondary N) is 1. The summed E-state index contributed by atoms with van der Waals surface area (Å²) in [5.74, 6) is 0.914. The zero-order valence-corrected chi connectivity index (χ0v) is 22.8. The van der Waals surface area contributed by atoms with E-state index in [1.165, 1.54) is 0 Å². The number of hydrogen-bond donors (Lipinski definition) is 2. The monoisotopic (exact) mass is 516 g/mol. The quantitative estimate of drug-likeness (QED) is 0.463. The van der Waals surface area contributed by atoms with E-state index in [0.717, 1.165) is 49.9 Å². The van der Waals surface area contributed by atoms with Gasteiger partial charge in [0.15, 0.2) is 5.82 Å². The van der Waals surface area contributed by atoms with E-state index in [0.29, 0.717) is 24.9 Å². The number of para-hydroxylation sites is 2. The molecule has 1 fully saturated rings. The number of carbonyl (C=O) groups is 1. The number of hydrogen-bond acceptors (Lipinski definition) is 5. The first-order valence-electron chi connectivity index (χ1n) is 11.9. The second-order valence-electron chi connectivity index (χ2n) is 10.0. The summed E-state index contributed by atoms with van der Waals surface area (Å²) in [7, 11) is 1.71. The first kappa shape index (κ1) is 30.7. The van der Waals surface area contributed by atoms with Gasteiger partial charge in [-0.15, -0.1) is 24.8 Å².